The second-order valence-corrected chi connectivity index (χ2v) is 6.17. The molecule has 0 aromatic heterocycles. The minimum Gasteiger partial charge on any atom is -0.490 e. The number of cyclic esters (lactones) is 1. The van der Waals surface area contributed by atoms with Gasteiger partial charge >= 0.3 is 11.9 Å². The van der Waals surface area contributed by atoms with Gasteiger partial charge in [-0.1, -0.05) is 30.7 Å². The van der Waals surface area contributed by atoms with Crippen LogP contribution < -0.4 is 9.47 Å². The van der Waals surface area contributed by atoms with E-state index in [1.165, 1.54) is 0 Å². The van der Waals surface area contributed by atoms with Gasteiger partial charge in [-0.3, -0.25) is 4.79 Å². The summed E-state index contributed by atoms with van der Waals surface area (Å²) in [5.74, 6) is 0.176. The molecule has 6 heteroatoms. The molecule has 0 atom stereocenters. The van der Waals surface area contributed by atoms with Crippen LogP contribution in [0.4, 0.5) is 0 Å². The van der Waals surface area contributed by atoms with Gasteiger partial charge in [-0.25, -0.2) is 9.79 Å². The number of nitrogens with zero attached hydrogens (tertiary/aromatic N) is 1. The molecule has 0 radical (unpaired) electrons. The van der Waals surface area contributed by atoms with Gasteiger partial charge in [-0.2, -0.15) is 0 Å². The highest BCUT2D eigenvalue weighted by atomic mass is 16.6. The Hall–Kier alpha value is -3.41. The predicted octanol–water partition coefficient (Wildman–Crippen LogP) is 4.05. The molecule has 1 aliphatic rings. The molecule has 2 aromatic carbocycles. The minimum absolute atomic E-state index is 0.192. The zero-order valence-electron chi connectivity index (χ0n) is 16.0. The summed E-state index contributed by atoms with van der Waals surface area (Å²) < 4.78 is 16.1. The predicted molar refractivity (Wildman–Crippen MR) is 105 cm³/mol. The highest BCUT2D eigenvalue weighted by Gasteiger charge is 2.24. The van der Waals surface area contributed by atoms with E-state index in [1.807, 2.05) is 38.1 Å². The van der Waals surface area contributed by atoms with Gasteiger partial charge in [0.05, 0.1) is 6.61 Å². The summed E-state index contributed by atoms with van der Waals surface area (Å²) in [6.07, 6.45) is 1.87. The molecule has 0 saturated heterocycles. The number of esters is 2. The standard InChI is InChI=1S/C22H21NO5/c1-4-20(24)27-18-10-9-15(13-19(18)26-5-2)12-17-22(25)28-21(23-17)16-8-6-7-14(3)11-16/h6-13H,4-5H2,1-3H3/b17-12+. The van der Waals surface area contributed by atoms with E-state index in [4.69, 9.17) is 14.2 Å². The lowest BCUT2D eigenvalue weighted by atomic mass is 10.1. The SMILES string of the molecule is CCOc1cc(/C=C2/N=C(c3cccc(C)c3)OC2=O)ccc1OC(=O)CC. The Labute approximate surface area is 163 Å². The van der Waals surface area contributed by atoms with Crippen molar-refractivity contribution in [2.45, 2.75) is 27.2 Å². The van der Waals surface area contributed by atoms with Gasteiger partial charge in [0, 0.05) is 12.0 Å². The fourth-order valence-corrected chi connectivity index (χ4v) is 2.63. The third-order valence-corrected chi connectivity index (χ3v) is 3.97. The Morgan fingerprint density at radius 2 is 1.96 bits per heavy atom. The van der Waals surface area contributed by atoms with E-state index in [0.29, 0.717) is 23.7 Å². The van der Waals surface area contributed by atoms with Gasteiger partial charge in [0.1, 0.15) is 0 Å². The van der Waals surface area contributed by atoms with E-state index >= 15 is 0 Å². The topological polar surface area (TPSA) is 74.2 Å². The molecule has 28 heavy (non-hydrogen) atoms. The Bertz CT molecular complexity index is 975. The molecule has 2 aromatic rings. The van der Waals surface area contributed by atoms with E-state index in [-0.39, 0.29) is 24.0 Å². The van der Waals surface area contributed by atoms with E-state index in [9.17, 15) is 9.59 Å². The maximum absolute atomic E-state index is 12.2. The van der Waals surface area contributed by atoms with E-state index in [0.717, 1.165) is 11.1 Å². The Balaban J connectivity index is 1.90. The number of aryl methyl sites for hydroxylation is 1. The normalized spacial score (nSPS) is 14.6. The van der Waals surface area contributed by atoms with Gasteiger partial charge in [0.15, 0.2) is 17.2 Å². The van der Waals surface area contributed by atoms with Crippen LogP contribution in [0, 0.1) is 6.92 Å². The molecule has 0 saturated carbocycles. The summed E-state index contributed by atoms with van der Waals surface area (Å²) in [5.41, 5.74) is 2.67. The fourth-order valence-electron chi connectivity index (χ4n) is 2.63. The summed E-state index contributed by atoms with van der Waals surface area (Å²) in [4.78, 5) is 28.1. The second kappa shape index (κ2) is 8.52. The van der Waals surface area contributed by atoms with Crippen molar-refractivity contribution in [2.24, 2.45) is 4.99 Å². The molecule has 3 rings (SSSR count). The highest BCUT2D eigenvalue weighted by molar-refractivity contribution is 6.12. The van der Waals surface area contributed by atoms with Gasteiger partial charge in [-0.05, 0) is 49.8 Å². The summed E-state index contributed by atoms with van der Waals surface area (Å²) in [6.45, 7) is 5.93. The number of ether oxygens (including phenoxy) is 3. The molecular weight excluding hydrogens is 358 g/mol. The number of carbonyl (C=O) groups is 2. The molecule has 144 valence electrons. The van der Waals surface area contributed by atoms with E-state index in [2.05, 4.69) is 4.99 Å². The zero-order valence-corrected chi connectivity index (χ0v) is 16.0. The molecule has 0 spiro atoms. The van der Waals surface area contributed by atoms with Crippen LogP contribution in [0.2, 0.25) is 0 Å². The third-order valence-electron chi connectivity index (χ3n) is 3.97. The van der Waals surface area contributed by atoms with Crippen LogP contribution in [0.15, 0.2) is 53.2 Å². The molecule has 0 aliphatic carbocycles. The molecule has 1 heterocycles. The van der Waals surface area contributed by atoms with Crippen LogP contribution in [0.1, 0.15) is 37.0 Å². The van der Waals surface area contributed by atoms with E-state index in [1.54, 1.807) is 31.2 Å². The third kappa shape index (κ3) is 4.46. The first-order valence-corrected chi connectivity index (χ1v) is 9.07. The van der Waals surface area contributed by atoms with Crippen molar-refractivity contribution in [3.63, 3.8) is 0 Å². The molecule has 0 amide bonds. The number of aliphatic imine (C=N–C) groups is 1. The van der Waals surface area contributed by atoms with Crippen molar-refractivity contribution in [3.05, 3.63) is 64.9 Å². The van der Waals surface area contributed by atoms with Crippen LogP contribution in [0.3, 0.4) is 0 Å². The first-order valence-electron chi connectivity index (χ1n) is 9.07. The van der Waals surface area contributed by atoms with E-state index < -0.39 is 5.97 Å². The number of carbonyl (C=O) groups excluding carboxylic acids is 2. The second-order valence-electron chi connectivity index (χ2n) is 6.17. The van der Waals surface area contributed by atoms with Crippen molar-refractivity contribution >= 4 is 23.9 Å². The van der Waals surface area contributed by atoms with Crippen LogP contribution in [-0.4, -0.2) is 24.4 Å². The summed E-state index contributed by atoms with van der Waals surface area (Å²) in [5, 5.41) is 0. The Kier molecular flexibility index (Phi) is 5.89. The van der Waals surface area contributed by atoms with Crippen LogP contribution in [-0.2, 0) is 14.3 Å². The van der Waals surface area contributed by atoms with Crippen LogP contribution >= 0.6 is 0 Å². The van der Waals surface area contributed by atoms with Gasteiger partial charge in [0.25, 0.3) is 0 Å². The molecule has 1 aliphatic heterocycles. The summed E-state index contributed by atoms with van der Waals surface area (Å²) in [7, 11) is 0. The lowest BCUT2D eigenvalue weighted by Gasteiger charge is -2.10. The molecule has 6 nitrogen and oxygen atoms in total. The number of rotatable bonds is 6. The summed E-state index contributed by atoms with van der Waals surface area (Å²) in [6, 6.07) is 12.6. The van der Waals surface area contributed by atoms with Gasteiger partial charge < -0.3 is 14.2 Å². The maximum Gasteiger partial charge on any atom is 0.363 e. The van der Waals surface area contributed by atoms with Crippen LogP contribution in [0.5, 0.6) is 11.5 Å². The molecule has 0 unspecified atom stereocenters. The fraction of sp³-hybridized carbons (Fsp3) is 0.227. The lowest BCUT2D eigenvalue weighted by Crippen LogP contribution is -2.07. The zero-order chi connectivity index (χ0) is 20.1. The molecule has 0 fully saturated rings. The molecule has 0 bridgehead atoms. The minimum atomic E-state index is -0.518. The number of hydrogen-bond acceptors (Lipinski definition) is 6. The van der Waals surface area contributed by atoms with Crippen molar-refractivity contribution in [2.75, 3.05) is 6.61 Å². The van der Waals surface area contributed by atoms with Crippen molar-refractivity contribution in [1.82, 2.24) is 0 Å². The summed E-state index contributed by atoms with van der Waals surface area (Å²) >= 11 is 0. The molecular formula is C22H21NO5. The first kappa shape index (κ1) is 19.4. The Morgan fingerprint density at radius 3 is 2.68 bits per heavy atom. The smallest absolute Gasteiger partial charge is 0.363 e. The monoisotopic (exact) mass is 379 g/mol. The first-order chi connectivity index (χ1) is 13.5. The Morgan fingerprint density at radius 1 is 1.14 bits per heavy atom. The van der Waals surface area contributed by atoms with Crippen molar-refractivity contribution < 1.29 is 23.8 Å². The number of hydrogen-bond donors (Lipinski definition) is 0. The lowest BCUT2D eigenvalue weighted by molar-refractivity contribution is -0.134. The number of benzene rings is 2. The average molecular weight is 379 g/mol. The highest BCUT2D eigenvalue weighted by Crippen LogP contribution is 2.30. The van der Waals surface area contributed by atoms with Gasteiger partial charge in [-0.15, -0.1) is 0 Å². The largest absolute Gasteiger partial charge is 0.490 e. The average Bonchev–Trinajstić information content (AvgIpc) is 3.04. The van der Waals surface area contributed by atoms with Crippen molar-refractivity contribution in [1.29, 1.82) is 0 Å². The van der Waals surface area contributed by atoms with Crippen molar-refractivity contribution in [3.8, 4) is 11.5 Å². The molecule has 0 N–H and O–H groups in total. The maximum atomic E-state index is 12.2. The quantitative estimate of drug-likeness (QED) is 0.430. The van der Waals surface area contributed by atoms with Gasteiger partial charge in [0.2, 0.25) is 5.90 Å². The van der Waals surface area contributed by atoms with Crippen LogP contribution in [0.25, 0.3) is 6.08 Å².